The highest BCUT2D eigenvalue weighted by Gasteiger charge is 2.43. The third kappa shape index (κ3) is 4.01. The third-order valence-corrected chi connectivity index (χ3v) is 3.33. The summed E-state index contributed by atoms with van der Waals surface area (Å²) in [7, 11) is 0. The number of likely N-dealkylation sites (tertiary alicyclic amines) is 1. The second-order valence-corrected chi connectivity index (χ2v) is 5.06. The number of carbonyl (C=O) groups is 2. The van der Waals surface area contributed by atoms with Crippen molar-refractivity contribution in [3.8, 4) is 0 Å². The van der Waals surface area contributed by atoms with Crippen molar-refractivity contribution in [1.29, 1.82) is 0 Å². The van der Waals surface area contributed by atoms with E-state index in [0.29, 0.717) is 17.7 Å². The van der Waals surface area contributed by atoms with Crippen LogP contribution in [0, 0.1) is 5.92 Å². The summed E-state index contributed by atoms with van der Waals surface area (Å²) in [6.07, 6.45) is -3.63. The zero-order valence-electron chi connectivity index (χ0n) is 11.5. The van der Waals surface area contributed by atoms with Gasteiger partial charge in [-0.25, -0.2) is 9.59 Å². The Kier molecular flexibility index (Phi) is 5.24. The average Bonchev–Trinajstić information content (AvgIpc) is 2.68. The normalized spacial score (nSPS) is 22.9. The maximum atomic E-state index is 12.5. The van der Waals surface area contributed by atoms with Gasteiger partial charge in [-0.1, -0.05) is 13.8 Å². The minimum Gasteiger partial charge on any atom is -0.480 e. The van der Waals surface area contributed by atoms with Crippen LogP contribution in [0.4, 0.5) is 18.0 Å². The number of urea groups is 1. The summed E-state index contributed by atoms with van der Waals surface area (Å²) < 4.78 is 37.4. The van der Waals surface area contributed by atoms with E-state index < -0.39 is 30.8 Å². The average molecular weight is 296 g/mol. The molecule has 1 saturated heterocycles. The predicted molar refractivity (Wildman–Crippen MR) is 65.2 cm³/mol. The number of halogens is 3. The molecule has 1 fully saturated rings. The largest absolute Gasteiger partial charge is 0.480 e. The van der Waals surface area contributed by atoms with Crippen LogP contribution in [0.1, 0.15) is 26.7 Å². The molecule has 1 N–H and O–H groups in total. The second kappa shape index (κ2) is 6.32. The Morgan fingerprint density at radius 3 is 2.45 bits per heavy atom. The van der Waals surface area contributed by atoms with Crippen LogP contribution in [0.3, 0.4) is 0 Å². The molecule has 0 radical (unpaired) electrons. The van der Waals surface area contributed by atoms with Crippen LogP contribution in [0.5, 0.6) is 0 Å². The Labute approximate surface area is 115 Å². The van der Waals surface area contributed by atoms with Crippen LogP contribution in [-0.4, -0.2) is 58.8 Å². The van der Waals surface area contributed by atoms with E-state index in [2.05, 4.69) is 0 Å². The number of hydrogen-bond acceptors (Lipinski definition) is 2. The van der Waals surface area contributed by atoms with Gasteiger partial charge in [0.15, 0.2) is 0 Å². The molecule has 0 aromatic heterocycles. The number of carboxylic acid groups (broad SMARTS) is 1. The Bertz CT molecular complexity index is 373. The topological polar surface area (TPSA) is 60.9 Å². The van der Waals surface area contributed by atoms with Crippen LogP contribution in [0.2, 0.25) is 0 Å². The summed E-state index contributed by atoms with van der Waals surface area (Å²) in [5.74, 6) is -1.43. The highest BCUT2D eigenvalue weighted by molar-refractivity contribution is 5.83. The minimum atomic E-state index is -4.49. The van der Waals surface area contributed by atoms with Gasteiger partial charge in [0.25, 0.3) is 0 Å². The number of rotatable bonds is 4. The van der Waals surface area contributed by atoms with Crippen LogP contribution in [-0.2, 0) is 4.79 Å². The first-order valence-electron chi connectivity index (χ1n) is 6.52. The molecule has 116 valence electrons. The lowest BCUT2D eigenvalue weighted by Gasteiger charge is -2.31. The van der Waals surface area contributed by atoms with Gasteiger partial charge in [-0.3, -0.25) is 0 Å². The summed E-state index contributed by atoms with van der Waals surface area (Å²) in [5.41, 5.74) is 0. The van der Waals surface area contributed by atoms with E-state index >= 15 is 0 Å². The van der Waals surface area contributed by atoms with Crippen LogP contribution in [0.15, 0.2) is 0 Å². The van der Waals surface area contributed by atoms with Gasteiger partial charge in [-0.05, 0) is 18.8 Å². The van der Waals surface area contributed by atoms with Gasteiger partial charge in [0.1, 0.15) is 12.6 Å². The van der Waals surface area contributed by atoms with E-state index in [9.17, 15) is 22.8 Å². The number of hydrogen-bond donors (Lipinski definition) is 1. The van der Waals surface area contributed by atoms with E-state index in [0.717, 1.165) is 4.90 Å². The van der Waals surface area contributed by atoms with Gasteiger partial charge in [0.05, 0.1) is 0 Å². The lowest BCUT2D eigenvalue weighted by Crippen LogP contribution is -2.51. The van der Waals surface area contributed by atoms with Gasteiger partial charge in [0, 0.05) is 13.1 Å². The lowest BCUT2D eigenvalue weighted by molar-refractivity contribution is -0.144. The molecule has 1 rings (SSSR count). The number of carboxylic acids is 1. The summed E-state index contributed by atoms with van der Waals surface area (Å²) >= 11 is 0. The molecule has 1 aliphatic rings. The molecule has 8 heteroatoms. The zero-order valence-corrected chi connectivity index (χ0v) is 11.5. The molecule has 0 saturated carbocycles. The molecule has 0 bridgehead atoms. The van der Waals surface area contributed by atoms with E-state index in [1.807, 2.05) is 0 Å². The van der Waals surface area contributed by atoms with Crippen LogP contribution in [0.25, 0.3) is 0 Å². The first-order chi connectivity index (χ1) is 9.17. The summed E-state index contributed by atoms with van der Waals surface area (Å²) in [6, 6.07) is -1.89. The number of carbonyl (C=O) groups excluding carboxylic acids is 1. The predicted octanol–water partition coefficient (Wildman–Crippen LogP) is 2.18. The fourth-order valence-electron chi connectivity index (χ4n) is 2.45. The second-order valence-electron chi connectivity index (χ2n) is 5.06. The molecule has 2 atom stereocenters. The molecule has 0 aliphatic carbocycles. The maximum absolute atomic E-state index is 12.5. The number of amides is 2. The van der Waals surface area contributed by atoms with Crippen LogP contribution >= 0.6 is 0 Å². The minimum absolute atomic E-state index is 0.0461. The Morgan fingerprint density at radius 1 is 1.40 bits per heavy atom. The summed E-state index contributed by atoms with van der Waals surface area (Å²) in [4.78, 5) is 25.0. The van der Waals surface area contributed by atoms with E-state index in [4.69, 9.17) is 5.11 Å². The summed E-state index contributed by atoms with van der Waals surface area (Å²) in [5, 5.41) is 9.11. The molecular formula is C12H19F3N2O3. The highest BCUT2D eigenvalue weighted by Crippen LogP contribution is 2.26. The smallest absolute Gasteiger partial charge is 0.406 e. The molecule has 1 heterocycles. The maximum Gasteiger partial charge on any atom is 0.406 e. The van der Waals surface area contributed by atoms with Crippen molar-refractivity contribution >= 4 is 12.0 Å². The van der Waals surface area contributed by atoms with E-state index in [-0.39, 0.29) is 19.0 Å². The Balaban J connectivity index is 2.86. The lowest BCUT2D eigenvalue weighted by atomic mass is 10.0. The summed E-state index contributed by atoms with van der Waals surface area (Å²) in [6.45, 7) is 2.12. The molecule has 0 aromatic rings. The number of aliphatic carboxylic acids is 1. The van der Waals surface area contributed by atoms with Crippen molar-refractivity contribution < 1.29 is 27.9 Å². The van der Waals surface area contributed by atoms with Gasteiger partial charge < -0.3 is 14.9 Å². The quantitative estimate of drug-likeness (QED) is 0.865. The first kappa shape index (κ1) is 16.6. The van der Waals surface area contributed by atoms with Gasteiger partial charge in [0.2, 0.25) is 0 Å². The van der Waals surface area contributed by atoms with Gasteiger partial charge in [-0.2, -0.15) is 13.2 Å². The fraction of sp³-hybridized carbons (Fsp3) is 0.833. The van der Waals surface area contributed by atoms with Gasteiger partial charge >= 0.3 is 18.2 Å². The standard InChI is InChI=1S/C12H19F3N2O3/c1-3-5-16(7-12(13,14)15)11(20)17-6-4-8(2)9(17)10(18)19/h8-9H,3-7H2,1-2H3,(H,18,19). The Hall–Kier alpha value is -1.47. The fourth-order valence-corrected chi connectivity index (χ4v) is 2.45. The van der Waals surface area contributed by atoms with E-state index in [1.165, 1.54) is 0 Å². The molecule has 0 spiro atoms. The van der Waals surface area contributed by atoms with Crippen molar-refractivity contribution in [2.45, 2.75) is 38.9 Å². The van der Waals surface area contributed by atoms with Crippen molar-refractivity contribution in [2.24, 2.45) is 5.92 Å². The zero-order chi connectivity index (χ0) is 15.5. The van der Waals surface area contributed by atoms with Crippen molar-refractivity contribution in [2.75, 3.05) is 19.6 Å². The monoisotopic (exact) mass is 296 g/mol. The van der Waals surface area contributed by atoms with Gasteiger partial charge in [-0.15, -0.1) is 0 Å². The molecule has 5 nitrogen and oxygen atoms in total. The van der Waals surface area contributed by atoms with Crippen LogP contribution < -0.4 is 0 Å². The number of alkyl halides is 3. The third-order valence-electron chi connectivity index (χ3n) is 3.33. The number of nitrogens with zero attached hydrogens (tertiary/aromatic N) is 2. The highest BCUT2D eigenvalue weighted by atomic mass is 19.4. The molecule has 0 aromatic carbocycles. The molecular weight excluding hydrogens is 277 g/mol. The molecule has 20 heavy (non-hydrogen) atoms. The SMILES string of the molecule is CCCN(CC(F)(F)F)C(=O)N1CCC(C)C1C(=O)O. The van der Waals surface area contributed by atoms with Crippen molar-refractivity contribution in [3.63, 3.8) is 0 Å². The van der Waals surface area contributed by atoms with Crippen molar-refractivity contribution in [1.82, 2.24) is 9.80 Å². The molecule has 1 aliphatic heterocycles. The van der Waals surface area contributed by atoms with Crippen molar-refractivity contribution in [3.05, 3.63) is 0 Å². The Morgan fingerprint density at radius 2 is 2.00 bits per heavy atom. The molecule has 2 amide bonds. The first-order valence-corrected chi connectivity index (χ1v) is 6.52. The van der Waals surface area contributed by atoms with E-state index in [1.54, 1.807) is 13.8 Å². The molecule has 2 unspecified atom stereocenters.